The molecule has 3 N–H and O–H groups in total. The predicted molar refractivity (Wildman–Crippen MR) is 61.8 cm³/mol. The van der Waals surface area contributed by atoms with Crippen LogP contribution in [0.5, 0.6) is 0 Å². The quantitative estimate of drug-likeness (QED) is 0.613. The Labute approximate surface area is 92.2 Å². The van der Waals surface area contributed by atoms with Crippen LogP contribution in [0.3, 0.4) is 0 Å². The van der Waals surface area contributed by atoms with Crippen LogP contribution in [0.1, 0.15) is 33.6 Å². The summed E-state index contributed by atoms with van der Waals surface area (Å²) in [5.41, 5.74) is 0.0724. The molecule has 0 aliphatic carbocycles. The Balaban J connectivity index is 2.33. The van der Waals surface area contributed by atoms with E-state index in [-0.39, 0.29) is 17.5 Å². The zero-order valence-corrected chi connectivity index (χ0v) is 10.0. The molecule has 0 aromatic rings. The molecule has 1 saturated heterocycles. The Morgan fingerprint density at radius 2 is 2.33 bits per heavy atom. The second-order valence-corrected chi connectivity index (χ2v) is 4.64. The van der Waals surface area contributed by atoms with Gasteiger partial charge in [-0.25, -0.2) is 0 Å². The minimum absolute atomic E-state index is 0.0724. The number of amides is 1. The van der Waals surface area contributed by atoms with E-state index in [9.17, 15) is 4.79 Å². The van der Waals surface area contributed by atoms with Gasteiger partial charge in [0.2, 0.25) is 5.91 Å². The lowest BCUT2D eigenvalue weighted by Crippen LogP contribution is -2.54. The number of rotatable bonds is 5. The zero-order valence-electron chi connectivity index (χ0n) is 10.0. The Hall–Kier alpha value is -0.610. The van der Waals surface area contributed by atoms with Crippen molar-refractivity contribution >= 4 is 5.91 Å². The van der Waals surface area contributed by atoms with Crippen LogP contribution in [0, 0.1) is 0 Å². The SMILES string of the molecule is CCCNC(=O)C(C)NC1(C)CCNC1. The molecule has 1 rings (SSSR count). The van der Waals surface area contributed by atoms with Gasteiger partial charge in [-0.2, -0.15) is 0 Å². The topological polar surface area (TPSA) is 53.2 Å². The second-order valence-electron chi connectivity index (χ2n) is 4.64. The molecule has 2 unspecified atom stereocenters. The van der Waals surface area contributed by atoms with Crippen molar-refractivity contribution in [2.45, 2.75) is 45.2 Å². The molecule has 0 radical (unpaired) electrons. The number of hydrogen-bond acceptors (Lipinski definition) is 3. The first-order chi connectivity index (χ1) is 7.07. The van der Waals surface area contributed by atoms with Gasteiger partial charge in [-0.15, -0.1) is 0 Å². The van der Waals surface area contributed by atoms with Crippen LogP contribution < -0.4 is 16.0 Å². The lowest BCUT2D eigenvalue weighted by atomic mass is 10.0. The van der Waals surface area contributed by atoms with Crippen LogP contribution in [0.15, 0.2) is 0 Å². The van der Waals surface area contributed by atoms with Crippen molar-refractivity contribution in [1.82, 2.24) is 16.0 Å². The van der Waals surface area contributed by atoms with Gasteiger partial charge in [0.25, 0.3) is 0 Å². The Morgan fingerprint density at radius 1 is 1.60 bits per heavy atom. The Kier molecular flexibility index (Phi) is 4.54. The first-order valence-corrected chi connectivity index (χ1v) is 5.83. The molecule has 0 aromatic carbocycles. The van der Waals surface area contributed by atoms with E-state index in [2.05, 4.69) is 29.8 Å². The van der Waals surface area contributed by atoms with Crippen LogP contribution >= 0.6 is 0 Å². The van der Waals surface area contributed by atoms with Gasteiger partial charge in [0.05, 0.1) is 6.04 Å². The molecule has 1 fully saturated rings. The molecule has 1 aliphatic heterocycles. The van der Waals surface area contributed by atoms with E-state index in [0.29, 0.717) is 0 Å². The van der Waals surface area contributed by atoms with Crippen molar-refractivity contribution < 1.29 is 4.79 Å². The highest BCUT2D eigenvalue weighted by atomic mass is 16.2. The van der Waals surface area contributed by atoms with E-state index in [1.54, 1.807) is 0 Å². The zero-order chi connectivity index (χ0) is 11.3. The molecule has 1 heterocycles. The van der Waals surface area contributed by atoms with E-state index in [1.807, 2.05) is 6.92 Å². The van der Waals surface area contributed by atoms with Gasteiger partial charge in [0.1, 0.15) is 0 Å². The van der Waals surface area contributed by atoms with Crippen molar-refractivity contribution in [3.8, 4) is 0 Å². The fourth-order valence-corrected chi connectivity index (χ4v) is 1.93. The van der Waals surface area contributed by atoms with Gasteiger partial charge in [0.15, 0.2) is 0 Å². The molecule has 15 heavy (non-hydrogen) atoms. The van der Waals surface area contributed by atoms with Crippen molar-refractivity contribution in [1.29, 1.82) is 0 Å². The normalized spacial score (nSPS) is 27.7. The number of carbonyl (C=O) groups is 1. The van der Waals surface area contributed by atoms with Crippen molar-refractivity contribution in [2.24, 2.45) is 0 Å². The summed E-state index contributed by atoms with van der Waals surface area (Å²) < 4.78 is 0. The highest BCUT2D eigenvalue weighted by Crippen LogP contribution is 2.13. The van der Waals surface area contributed by atoms with Crippen LogP contribution in [0.4, 0.5) is 0 Å². The Bertz CT molecular complexity index is 212. The minimum Gasteiger partial charge on any atom is -0.355 e. The van der Waals surface area contributed by atoms with Gasteiger partial charge in [0, 0.05) is 18.6 Å². The summed E-state index contributed by atoms with van der Waals surface area (Å²) in [5, 5.41) is 9.60. The largest absolute Gasteiger partial charge is 0.355 e. The summed E-state index contributed by atoms with van der Waals surface area (Å²) in [5.74, 6) is 0.102. The van der Waals surface area contributed by atoms with E-state index < -0.39 is 0 Å². The first-order valence-electron chi connectivity index (χ1n) is 5.83. The molecule has 88 valence electrons. The second kappa shape index (κ2) is 5.47. The monoisotopic (exact) mass is 213 g/mol. The third kappa shape index (κ3) is 3.80. The fourth-order valence-electron chi connectivity index (χ4n) is 1.93. The summed E-state index contributed by atoms with van der Waals surface area (Å²) >= 11 is 0. The standard InChI is InChI=1S/C11H23N3O/c1-4-6-13-10(15)9(2)14-11(3)5-7-12-8-11/h9,12,14H,4-8H2,1-3H3,(H,13,15). The molecule has 0 saturated carbocycles. The first kappa shape index (κ1) is 12.5. The Morgan fingerprint density at radius 3 is 2.87 bits per heavy atom. The van der Waals surface area contributed by atoms with Gasteiger partial charge >= 0.3 is 0 Å². The maximum absolute atomic E-state index is 11.6. The molecule has 4 nitrogen and oxygen atoms in total. The van der Waals surface area contributed by atoms with Gasteiger partial charge in [-0.1, -0.05) is 6.92 Å². The maximum atomic E-state index is 11.6. The van der Waals surface area contributed by atoms with E-state index in [0.717, 1.165) is 32.5 Å². The van der Waals surface area contributed by atoms with Gasteiger partial charge in [-0.05, 0) is 33.2 Å². The highest BCUT2D eigenvalue weighted by Gasteiger charge is 2.31. The molecule has 0 spiro atoms. The number of hydrogen-bond donors (Lipinski definition) is 3. The third-order valence-corrected chi connectivity index (χ3v) is 2.88. The number of nitrogens with one attached hydrogen (secondary N) is 3. The predicted octanol–water partition coefficient (Wildman–Crippen LogP) is 0.243. The lowest BCUT2D eigenvalue weighted by Gasteiger charge is -2.28. The number of carbonyl (C=O) groups excluding carboxylic acids is 1. The highest BCUT2D eigenvalue weighted by molar-refractivity contribution is 5.81. The molecular weight excluding hydrogens is 190 g/mol. The molecular formula is C11H23N3O. The minimum atomic E-state index is -0.110. The maximum Gasteiger partial charge on any atom is 0.236 e. The molecule has 1 aliphatic rings. The lowest BCUT2D eigenvalue weighted by molar-refractivity contribution is -0.123. The van der Waals surface area contributed by atoms with Gasteiger partial charge in [-0.3, -0.25) is 10.1 Å². The summed E-state index contributed by atoms with van der Waals surface area (Å²) in [7, 11) is 0. The van der Waals surface area contributed by atoms with Crippen LogP contribution in [-0.2, 0) is 4.79 Å². The van der Waals surface area contributed by atoms with Crippen molar-refractivity contribution in [3.05, 3.63) is 0 Å². The summed E-state index contributed by atoms with van der Waals surface area (Å²) in [6.07, 6.45) is 2.07. The van der Waals surface area contributed by atoms with E-state index in [1.165, 1.54) is 0 Å². The van der Waals surface area contributed by atoms with Crippen LogP contribution in [0.25, 0.3) is 0 Å². The summed E-state index contributed by atoms with van der Waals surface area (Å²) in [6, 6.07) is -0.110. The molecule has 0 aromatic heterocycles. The molecule has 1 amide bonds. The van der Waals surface area contributed by atoms with Crippen molar-refractivity contribution in [2.75, 3.05) is 19.6 Å². The van der Waals surface area contributed by atoms with Crippen molar-refractivity contribution in [3.63, 3.8) is 0 Å². The average molecular weight is 213 g/mol. The average Bonchev–Trinajstić information content (AvgIpc) is 2.61. The van der Waals surface area contributed by atoms with Gasteiger partial charge < -0.3 is 10.6 Å². The molecule has 4 heteroatoms. The molecule has 0 bridgehead atoms. The van der Waals surface area contributed by atoms with E-state index >= 15 is 0 Å². The smallest absolute Gasteiger partial charge is 0.236 e. The third-order valence-electron chi connectivity index (χ3n) is 2.88. The van der Waals surface area contributed by atoms with E-state index in [4.69, 9.17) is 0 Å². The summed E-state index contributed by atoms with van der Waals surface area (Å²) in [4.78, 5) is 11.6. The summed E-state index contributed by atoms with van der Waals surface area (Å²) in [6.45, 7) is 8.89. The molecule has 2 atom stereocenters. The fraction of sp³-hybridized carbons (Fsp3) is 0.909. The van der Waals surface area contributed by atoms with Crippen LogP contribution in [-0.4, -0.2) is 37.1 Å². The van der Waals surface area contributed by atoms with Crippen LogP contribution in [0.2, 0.25) is 0 Å².